The van der Waals surface area contributed by atoms with Crippen LogP contribution in [0.1, 0.15) is 11.1 Å². The number of ether oxygens (including phenoxy) is 1. The number of aryl methyl sites for hydroxylation is 1. The Morgan fingerprint density at radius 3 is 2.61 bits per heavy atom. The Morgan fingerprint density at radius 2 is 1.87 bits per heavy atom. The Hall–Kier alpha value is -2.53. The second-order valence-electron chi connectivity index (χ2n) is 5.06. The maximum atomic E-state index is 12.1. The minimum atomic E-state index is -0.147. The molecule has 23 heavy (non-hydrogen) atoms. The van der Waals surface area contributed by atoms with E-state index in [4.69, 9.17) is 4.74 Å². The summed E-state index contributed by atoms with van der Waals surface area (Å²) in [6.45, 7) is 2.02. The molecule has 2 aromatic rings. The van der Waals surface area contributed by atoms with Gasteiger partial charge in [0.25, 0.3) is 5.91 Å². The summed E-state index contributed by atoms with van der Waals surface area (Å²) in [5.41, 5.74) is 2.86. The third kappa shape index (κ3) is 3.63. The fourth-order valence-electron chi connectivity index (χ4n) is 2.14. The number of hydrogen-bond acceptors (Lipinski definition) is 4. The Kier molecular flexibility index (Phi) is 4.48. The van der Waals surface area contributed by atoms with Gasteiger partial charge in [-0.1, -0.05) is 35.9 Å². The SMILES string of the molecule is COc1ccccc1/C=C1/SC(=Nc2ccc(C)cc2)NC1=O. The van der Waals surface area contributed by atoms with Crippen LogP contribution in [0.4, 0.5) is 5.69 Å². The van der Waals surface area contributed by atoms with Gasteiger partial charge in [-0.2, -0.15) is 0 Å². The number of hydrogen-bond donors (Lipinski definition) is 1. The number of benzene rings is 2. The maximum Gasteiger partial charge on any atom is 0.264 e. The third-order valence-corrected chi connectivity index (χ3v) is 4.25. The number of rotatable bonds is 3. The molecule has 3 rings (SSSR count). The van der Waals surface area contributed by atoms with E-state index in [1.54, 1.807) is 7.11 Å². The monoisotopic (exact) mass is 324 g/mol. The molecule has 0 radical (unpaired) electrons. The molecule has 116 valence electrons. The van der Waals surface area contributed by atoms with E-state index < -0.39 is 0 Å². The Morgan fingerprint density at radius 1 is 1.13 bits per heavy atom. The van der Waals surface area contributed by atoms with Gasteiger partial charge in [0.1, 0.15) is 5.75 Å². The summed E-state index contributed by atoms with van der Waals surface area (Å²) >= 11 is 1.33. The summed E-state index contributed by atoms with van der Waals surface area (Å²) in [4.78, 5) is 17.2. The zero-order valence-corrected chi connectivity index (χ0v) is 13.7. The minimum Gasteiger partial charge on any atom is -0.496 e. The van der Waals surface area contributed by atoms with E-state index in [9.17, 15) is 4.79 Å². The predicted octanol–water partition coefficient (Wildman–Crippen LogP) is 3.90. The molecule has 0 saturated carbocycles. The molecule has 1 aliphatic heterocycles. The number of carbonyl (C=O) groups excluding carboxylic acids is 1. The molecule has 0 spiro atoms. The van der Waals surface area contributed by atoms with Crippen molar-refractivity contribution in [3.8, 4) is 5.75 Å². The van der Waals surface area contributed by atoms with Crippen molar-refractivity contribution in [1.29, 1.82) is 0 Å². The zero-order chi connectivity index (χ0) is 16.2. The molecule has 2 aromatic carbocycles. The van der Waals surface area contributed by atoms with Crippen molar-refractivity contribution >= 4 is 34.6 Å². The molecule has 1 amide bonds. The largest absolute Gasteiger partial charge is 0.496 e. The van der Waals surface area contributed by atoms with Gasteiger partial charge in [0.15, 0.2) is 5.17 Å². The molecule has 0 unspecified atom stereocenters. The Balaban J connectivity index is 1.85. The summed E-state index contributed by atoms with van der Waals surface area (Å²) in [5, 5.41) is 3.37. The predicted molar refractivity (Wildman–Crippen MR) is 95.0 cm³/mol. The van der Waals surface area contributed by atoms with Gasteiger partial charge in [-0.3, -0.25) is 4.79 Å². The highest BCUT2D eigenvalue weighted by atomic mass is 32.2. The highest BCUT2D eigenvalue weighted by Gasteiger charge is 2.24. The number of thioether (sulfide) groups is 1. The number of carbonyl (C=O) groups is 1. The third-order valence-electron chi connectivity index (χ3n) is 3.34. The smallest absolute Gasteiger partial charge is 0.264 e. The zero-order valence-electron chi connectivity index (χ0n) is 12.9. The van der Waals surface area contributed by atoms with Gasteiger partial charge in [-0.25, -0.2) is 4.99 Å². The van der Waals surface area contributed by atoms with E-state index in [0.29, 0.717) is 10.1 Å². The molecule has 0 aliphatic carbocycles. The molecule has 5 heteroatoms. The van der Waals surface area contributed by atoms with Crippen molar-refractivity contribution in [2.45, 2.75) is 6.92 Å². The van der Waals surface area contributed by atoms with Crippen LogP contribution in [0.15, 0.2) is 58.4 Å². The first-order valence-electron chi connectivity index (χ1n) is 7.15. The first-order valence-corrected chi connectivity index (χ1v) is 7.96. The summed E-state index contributed by atoms with van der Waals surface area (Å²) in [7, 11) is 1.61. The first kappa shape index (κ1) is 15.4. The molecule has 1 heterocycles. The number of amides is 1. The van der Waals surface area contributed by atoms with Crippen molar-refractivity contribution in [1.82, 2.24) is 5.32 Å². The number of aliphatic imine (C=N–C) groups is 1. The summed E-state index contributed by atoms with van der Waals surface area (Å²) < 4.78 is 5.31. The van der Waals surface area contributed by atoms with Gasteiger partial charge in [0.2, 0.25) is 0 Å². The van der Waals surface area contributed by atoms with Crippen molar-refractivity contribution in [2.24, 2.45) is 4.99 Å². The number of nitrogens with zero attached hydrogens (tertiary/aromatic N) is 1. The Bertz CT molecular complexity index is 795. The number of para-hydroxylation sites is 1. The molecule has 1 fully saturated rings. The van der Waals surface area contributed by atoms with Gasteiger partial charge in [0, 0.05) is 5.56 Å². The van der Waals surface area contributed by atoms with Crippen LogP contribution in [0.5, 0.6) is 5.75 Å². The van der Waals surface area contributed by atoms with Crippen LogP contribution in [0.2, 0.25) is 0 Å². The van der Waals surface area contributed by atoms with Crippen molar-refractivity contribution < 1.29 is 9.53 Å². The molecular weight excluding hydrogens is 308 g/mol. The lowest BCUT2D eigenvalue weighted by atomic mass is 10.2. The molecule has 0 aromatic heterocycles. The fraction of sp³-hybridized carbons (Fsp3) is 0.111. The average molecular weight is 324 g/mol. The van der Waals surface area contributed by atoms with E-state index in [1.807, 2.05) is 61.5 Å². The van der Waals surface area contributed by atoms with Crippen LogP contribution in [0, 0.1) is 6.92 Å². The highest BCUT2D eigenvalue weighted by molar-refractivity contribution is 8.18. The van der Waals surface area contributed by atoms with Crippen LogP contribution in [0.25, 0.3) is 6.08 Å². The van der Waals surface area contributed by atoms with Crippen molar-refractivity contribution in [2.75, 3.05) is 7.11 Å². The van der Waals surface area contributed by atoms with Gasteiger partial charge < -0.3 is 10.1 Å². The van der Waals surface area contributed by atoms with Crippen LogP contribution in [0.3, 0.4) is 0 Å². The standard InChI is InChI=1S/C18H16N2O2S/c1-12-7-9-14(10-8-12)19-18-20-17(21)16(23-18)11-13-5-3-4-6-15(13)22-2/h3-11H,1-2H3,(H,19,20,21)/b16-11+. The van der Waals surface area contributed by atoms with E-state index in [1.165, 1.54) is 17.3 Å². The van der Waals surface area contributed by atoms with Crippen molar-refractivity contribution in [3.63, 3.8) is 0 Å². The van der Waals surface area contributed by atoms with E-state index in [2.05, 4.69) is 10.3 Å². The van der Waals surface area contributed by atoms with Crippen LogP contribution >= 0.6 is 11.8 Å². The molecule has 0 atom stereocenters. The topological polar surface area (TPSA) is 50.7 Å². The molecular formula is C18H16N2O2S. The second-order valence-corrected chi connectivity index (χ2v) is 6.09. The summed E-state index contributed by atoms with van der Waals surface area (Å²) in [5.74, 6) is 0.587. The van der Waals surface area contributed by atoms with Crippen LogP contribution in [-0.4, -0.2) is 18.2 Å². The lowest BCUT2D eigenvalue weighted by molar-refractivity contribution is -0.115. The van der Waals surface area contributed by atoms with Gasteiger partial charge in [0.05, 0.1) is 17.7 Å². The molecule has 1 saturated heterocycles. The van der Waals surface area contributed by atoms with Crippen molar-refractivity contribution in [3.05, 3.63) is 64.6 Å². The van der Waals surface area contributed by atoms with E-state index >= 15 is 0 Å². The quantitative estimate of drug-likeness (QED) is 0.871. The van der Waals surface area contributed by atoms with Gasteiger partial charge >= 0.3 is 0 Å². The van der Waals surface area contributed by atoms with Crippen LogP contribution < -0.4 is 10.1 Å². The highest BCUT2D eigenvalue weighted by Crippen LogP contribution is 2.30. The number of nitrogens with one attached hydrogen (secondary N) is 1. The number of methoxy groups -OCH3 is 1. The maximum absolute atomic E-state index is 12.1. The normalized spacial score (nSPS) is 17.6. The summed E-state index contributed by atoms with van der Waals surface area (Å²) in [6.07, 6.45) is 1.82. The van der Waals surface area contributed by atoms with Gasteiger partial charge in [-0.05, 0) is 43.0 Å². The molecule has 1 N–H and O–H groups in total. The van der Waals surface area contributed by atoms with E-state index in [-0.39, 0.29) is 5.91 Å². The van der Waals surface area contributed by atoms with E-state index in [0.717, 1.165) is 17.0 Å². The lowest BCUT2D eigenvalue weighted by Crippen LogP contribution is -2.19. The minimum absolute atomic E-state index is 0.147. The summed E-state index contributed by atoms with van der Waals surface area (Å²) in [6, 6.07) is 15.4. The molecule has 0 bridgehead atoms. The Labute approximate surface area is 139 Å². The molecule has 1 aliphatic rings. The number of amidine groups is 1. The first-order chi connectivity index (χ1) is 11.2. The fourth-order valence-corrected chi connectivity index (χ4v) is 2.98. The lowest BCUT2D eigenvalue weighted by Gasteiger charge is -2.03. The second kappa shape index (κ2) is 6.71. The van der Waals surface area contributed by atoms with Crippen LogP contribution in [-0.2, 0) is 4.79 Å². The molecule has 4 nitrogen and oxygen atoms in total. The average Bonchev–Trinajstić information content (AvgIpc) is 2.90. The van der Waals surface area contributed by atoms with Gasteiger partial charge in [-0.15, -0.1) is 0 Å².